The second-order valence-corrected chi connectivity index (χ2v) is 6.67. The molecule has 0 aliphatic carbocycles. The number of aromatic nitrogens is 3. The van der Waals surface area contributed by atoms with Gasteiger partial charge in [-0.3, -0.25) is 0 Å². The standard InChI is InChI=1S/C16H16N4O3S/c1-8-14(10-2-3-13-9(15(10)22)4-5-24-13)19-20-16(17-8)18-11-6-23-7-12(11)21/h2-5,11-12,21-22H,6-7H2,1H3,(H,17,18,20)/t11-,12-/m0/s1. The normalized spacial score (nSPS) is 20.6. The molecule has 8 heteroatoms. The predicted molar refractivity (Wildman–Crippen MR) is 91.3 cm³/mol. The van der Waals surface area contributed by atoms with Crippen molar-refractivity contribution in [2.75, 3.05) is 18.5 Å². The first kappa shape index (κ1) is 15.3. The Bertz CT molecular complexity index is 898. The highest BCUT2D eigenvalue weighted by Gasteiger charge is 2.27. The maximum Gasteiger partial charge on any atom is 0.243 e. The molecule has 0 spiro atoms. The van der Waals surface area contributed by atoms with Crippen LogP contribution in [0.4, 0.5) is 5.95 Å². The maximum absolute atomic E-state index is 10.5. The van der Waals surface area contributed by atoms with E-state index in [0.29, 0.717) is 36.1 Å². The molecule has 24 heavy (non-hydrogen) atoms. The maximum atomic E-state index is 10.5. The molecular formula is C16H16N4O3S. The molecule has 4 rings (SSSR count). The van der Waals surface area contributed by atoms with Crippen LogP contribution in [0, 0.1) is 6.92 Å². The highest BCUT2D eigenvalue weighted by molar-refractivity contribution is 7.17. The lowest BCUT2D eigenvalue weighted by atomic mass is 10.1. The topological polar surface area (TPSA) is 100 Å². The molecule has 0 radical (unpaired) electrons. The number of ether oxygens (including phenoxy) is 1. The summed E-state index contributed by atoms with van der Waals surface area (Å²) in [5, 5.41) is 34.3. The lowest BCUT2D eigenvalue weighted by Crippen LogP contribution is -2.32. The fraction of sp³-hybridized carbons (Fsp3) is 0.312. The van der Waals surface area contributed by atoms with Crippen molar-refractivity contribution in [2.24, 2.45) is 0 Å². The van der Waals surface area contributed by atoms with E-state index in [-0.39, 0.29) is 11.8 Å². The number of nitrogens with one attached hydrogen (secondary N) is 1. The first-order chi connectivity index (χ1) is 11.6. The monoisotopic (exact) mass is 344 g/mol. The molecule has 2 aromatic heterocycles. The number of phenolic OH excluding ortho intramolecular Hbond substituents is 1. The number of benzene rings is 1. The van der Waals surface area contributed by atoms with Gasteiger partial charge in [-0.25, -0.2) is 4.98 Å². The van der Waals surface area contributed by atoms with Gasteiger partial charge in [0.25, 0.3) is 0 Å². The van der Waals surface area contributed by atoms with E-state index in [1.165, 1.54) is 0 Å². The number of thiophene rings is 1. The van der Waals surface area contributed by atoms with E-state index in [1.54, 1.807) is 11.3 Å². The second-order valence-electron chi connectivity index (χ2n) is 5.72. The summed E-state index contributed by atoms with van der Waals surface area (Å²) in [7, 11) is 0. The number of phenols is 1. The number of rotatable bonds is 3. The molecule has 1 fully saturated rings. The van der Waals surface area contributed by atoms with Gasteiger partial charge in [-0.2, -0.15) is 0 Å². The predicted octanol–water partition coefficient (Wildman–Crippen LogP) is 1.94. The largest absolute Gasteiger partial charge is 0.507 e. The van der Waals surface area contributed by atoms with Crippen LogP contribution in [0.2, 0.25) is 0 Å². The van der Waals surface area contributed by atoms with Crippen molar-refractivity contribution < 1.29 is 14.9 Å². The Morgan fingerprint density at radius 3 is 2.88 bits per heavy atom. The summed E-state index contributed by atoms with van der Waals surface area (Å²) in [5.74, 6) is 0.523. The lowest BCUT2D eigenvalue weighted by molar-refractivity contribution is 0.125. The number of aliphatic hydroxyl groups is 1. The summed E-state index contributed by atoms with van der Waals surface area (Å²) in [5.41, 5.74) is 1.79. The van der Waals surface area contributed by atoms with Crippen molar-refractivity contribution in [3.63, 3.8) is 0 Å². The number of aliphatic hydroxyl groups excluding tert-OH is 1. The summed E-state index contributed by atoms with van der Waals surface area (Å²) in [6, 6.07) is 5.42. The molecule has 0 amide bonds. The Morgan fingerprint density at radius 1 is 1.25 bits per heavy atom. The van der Waals surface area contributed by atoms with E-state index in [1.807, 2.05) is 30.5 Å². The zero-order chi connectivity index (χ0) is 16.7. The molecule has 2 atom stereocenters. The molecule has 1 aliphatic heterocycles. The molecule has 1 aromatic carbocycles. The molecule has 1 aliphatic rings. The van der Waals surface area contributed by atoms with Crippen LogP contribution in [0.5, 0.6) is 5.75 Å². The number of anilines is 1. The van der Waals surface area contributed by atoms with E-state index in [9.17, 15) is 10.2 Å². The number of hydrogen-bond donors (Lipinski definition) is 3. The van der Waals surface area contributed by atoms with Crippen LogP contribution in [-0.4, -0.2) is 50.8 Å². The number of fused-ring (bicyclic) bond motifs is 1. The molecule has 124 valence electrons. The minimum absolute atomic E-state index is 0.188. The Hall–Kier alpha value is -2.29. The Kier molecular flexibility index (Phi) is 3.79. The van der Waals surface area contributed by atoms with E-state index in [0.717, 1.165) is 10.1 Å². The number of hydrogen-bond acceptors (Lipinski definition) is 8. The van der Waals surface area contributed by atoms with Gasteiger partial charge in [0, 0.05) is 15.6 Å². The first-order valence-electron chi connectivity index (χ1n) is 7.56. The Morgan fingerprint density at radius 2 is 2.12 bits per heavy atom. The van der Waals surface area contributed by atoms with Crippen molar-refractivity contribution in [1.29, 1.82) is 0 Å². The fourth-order valence-corrected chi connectivity index (χ4v) is 3.57. The molecule has 7 nitrogen and oxygen atoms in total. The number of aromatic hydroxyl groups is 1. The molecule has 0 bridgehead atoms. The summed E-state index contributed by atoms with van der Waals surface area (Å²) in [6.07, 6.45) is -0.585. The van der Waals surface area contributed by atoms with Crippen molar-refractivity contribution >= 4 is 27.4 Å². The second kappa shape index (κ2) is 5.97. The molecule has 3 heterocycles. The van der Waals surface area contributed by atoms with Crippen molar-refractivity contribution in [2.45, 2.75) is 19.1 Å². The molecule has 0 saturated carbocycles. The number of aryl methyl sites for hydroxylation is 1. The van der Waals surface area contributed by atoms with Gasteiger partial charge in [0.2, 0.25) is 5.95 Å². The Labute approximate surface area is 142 Å². The fourth-order valence-electron chi connectivity index (χ4n) is 2.78. The van der Waals surface area contributed by atoms with Crippen LogP contribution in [0.25, 0.3) is 21.3 Å². The van der Waals surface area contributed by atoms with Crippen molar-refractivity contribution in [3.8, 4) is 17.0 Å². The average Bonchev–Trinajstić information content (AvgIpc) is 3.19. The van der Waals surface area contributed by atoms with Crippen LogP contribution in [-0.2, 0) is 4.74 Å². The highest BCUT2D eigenvalue weighted by atomic mass is 32.1. The van der Waals surface area contributed by atoms with Gasteiger partial charge in [0.15, 0.2) is 0 Å². The lowest BCUT2D eigenvalue weighted by Gasteiger charge is -2.15. The average molecular weight is 344 g/mol. The van der Waals surface area contributed by atoms with E-state index >= 15 is 0 Å². The quantitative estimate of drug-likeness (QED) is 0.667. The molecule has 0 unspecified atom stereocenters. The van der Waals surface area contributed by atoms with Gasteiger partial charge in [0.1, 0.15) is 11.4 Å². The van der Waals surface area contributed by atoms with Crippen LogP contribution >= 0.6 is 11.3 Å². The highest BCUT2D eigenvalue weighted by Crippen LogP contribution is 2.37. The smallest absolute Gasteiger partial charge is 0.243 e. The van der Waals surface area contributed by atoms with Crippen LogP contribution < -0.4 is 5.32 Å². The summed E-state index contributed by atoms with van der Waals surface area (Å²) in [4.78, 5) is 4.40. The van der Waals surface area contributed by atoms with Gasteiger partial charge in [-0.15, -0.1) is 21.5 Å². The zero-order valence-electron chi connectivity index (χ0n) is 12.9. The SMILES string of the molecule is Cc1nc(N[C@H]2COC[C@@H]2O)nnc1-c1ccc2sccc2c1O. The van der Waals surface area contributed by atoms with Crippen LogP contribution in [0.1, 0.15) is 5.69 Å². The molecule has 3 N–H and O–H groups in total. The van der Waals surface area contributed by atoms with Gasteiger partial charge in [-0.1, -0.05) is 0 Å². The Balaban J connectivity index is 1.67. The van der Waals surface area contributed by atoms with Crippen molar-refractivity contribution in [1.82, 2.24) is 15.2 Å². The van der Waals surface area contributed by atoms with Crippen LogP contribution in [0.3, 0.4) is 0 Å². The summed E-state index contributed by atoms with van der Waals surface area (Å²) < 4.78 is 6.21. The summed E-state index contributed by atoms with van der Waals surface area (Å²) >= 11 is 1.57. The third kappa shape index (κ3) is 2.58. The third-order valence-corrected chi connectivity index (χ3v) is 4.97. The van der Waals surface area contributed by atoms with Gasteiger partial charge in [-0.05, 0) is 30.5 Å². The van der Waals surface area contributed by atoms with Gasteiger partial charge < -0.3 is 20.3 Å². The third-order valence-electron chi connectivity index (χ3n) is 4.09. The summed E-state index contributed by atoms with van der Waals surface area (Å²) in [6.45, 7) is 2.52. The van der Waals surface area contributed by atoms with Gasteiger partial charge >= 0.3 is 0 Å². The molecule has 1 saturated heterocycles. The first-order valence-corrected chi connectivity index (χ1v) is 8.44. The minimum Gasteiger partial charge on any atom is -0.507 e. The van der Waals surface area contributed by atoms with E-state index in [4.69, 9.17) is 4.74 Å². The molecular weight excluding hydrogens is 328 g/mol. The van der Waals surface area contributed by atoms with E-state index < -0.39 is 6.10 Å². The van der Waals surface area contributed by atoms with Gasteiger partial charge in [0.05, 0.1) is 31.1 Å². The number of nitrogens with zero attached hydrogens (tertiary/aromatic N) is 3. The minimum atomic E-state index is -0.585. The zero-order valence-corrected chi connectivity index (χ0v) is 13.7. The molecule has 3 aromatic rings. The van der Waals surface area contributed by atoms with Crippen molar-refractivity contribution in [3.05, 3.63) is 29.3 Å². The van der Waals surface area contributed by atoms with E-state index in [2.05, 4.69) is 20.5 Å². The van der Waals surface area contributed by atoms with Crippen LogP contribution in [0.15, 0.2) is 23.6 Å².